The molecule has 1 fully saturated rings. The molecule has 2 heterocycles. The monoisotopic (exact) mass is 288 g/mol. The highest BCUT2D eigenvalue weighted by molar-refractivity contribution is 5.82. The van der Waals surface area contributed by atoms with Gasteiger partial charge in [0.15, 0.2) is 0 Å². The average Bonchev–Trinajstić information content (AvgIpc) is 2.86. The number of aliphatic hydroxyl groups is 1. The topological polar surface area (TPSA) is 47.3 Å². The maximum absolute atomic E-state index is 10.7. The van der Waals surface area contributed by atoms with E-state index in [1.807, 2.05) is 23.7 Å². The number of hydrogen-bond donors (Lipinski definition) is 1. The number of nitrogens with zero attached hydrogens (tertiary/aromatic N) is 2. The summed E-state index contributed by atoms with van der Waals surface area (Å²) in [6, 6.07) is 8.22. The van der Waals surface area contributed by atoms with Crippen molar-refractivity contribution in [2.75, 3.05) is 6.61 Å². The largest absolute Gasteiger partial charge is 0.390 e. The van der Waals surface area contributed by atoms with Crippen LogP contribution in [-0.2, 0) is 17.7 Å². The number of aliphatic hydroxyl groups excluding tert-OH is 1. The van der Waals surface area contributed by atoms with Gasteiger partial charge in [-0.3, -0.25) is 4.68 Å². The molecule has 0 aliphatic carbocycles. The molecular formula is C17H24N2O2. The van der Waals surface area contributed by atoms with Crippen molar-refractivity contribution in [1.29, 1.82) is 0 Å². The molecule has 1 aliphatic heterocycles. The molecule has 0 amide bonds. The normalized spacial score (nSPS) is 24.3. The molecule has 0 bridgehead atoms. The van der Waals surface area contributed by atoms with Crippen LogP contribution in [0.25, 0.3) is 10.9 Å². The van der Waals surface area contributed by atoms with Crippen LogP contribution in [0, 0.1) is 0 Å². The van der Waals surface area contributed by atoms with Gasteiger partial charge in [0.1, 0.15) is 0 Å². The van der Waals surface area contributed by atoms with Crippen LogP contribution >= 0.6 is 0 Å². The van der Waals surface area contributed by atoms with Crippen molar-refractivity contribution in [3.8, 4) is 0 Å². The molecule has 2 atom stereocenters. The van der Waals surface area contributed by atoms with Crippen molar-refractivity contribution in [3.63, 3.8) is 0 Å². The van der Waals surface area contributed by atoms with Gasteiger partial charge < -0.3 is 9.84 Å². The van der Waals surface area contributed by atoms with Crippen LogP contribution in [0.4, 0.5) is 0 Å². The third-order valence-corrected chi connectivity index (χ3v) is 4.62. The summed E-state index contributed by atoms with van der Waals surface area (Å²) < 4.78 is 7.86. The number of aromatic nitrogens is 2. The van der Waals surface area contributed by atoms with E-state index in [0.29, 0.717) is 6.42 Å². The lowest BCUT2D eigenvalue weighted by atomic mass is 9.87. The van der Waals surface area contributed by atoms with E-state index in [2.05, 4.69) is 24.2 Å². The molecule has 21 heavy (non-hydrogen) atoms. The van der Waals surface area contributed by atoms with Gasteiger partial charge in [0, 0.05) is 25.0 Å². The number of fused-ring (bicyclic) bond motifs is 1. The average molecular weight is 288 g/mol. The summed E-state index contributed by atoms with van der Waals surface area (Å²) in [5, 5.41) is 16.5. The first-order valence-electron chi connectivity index (χ1n) is 7.90. The Morgan fingerprint density at radius 1 is 1.38 bits per heavy atom. The quantitative estimate of drug-likeness (QED) is 0.941. The van der Waals surface area contributed by atoms with Crippen molar-refractivity contribution in [1.82, 2.24) is 9.78 Å². The number of benzene rings is 1. The first-order chi connectivity index (χ1) is 10.1. The van der Waals surface area contributed by atoms with Crippen LogP contribution < -0.4 is 0 Å². The predicted molar refractivity (Wildman–Crippen MR) is 83.3 cm³/mol. The molecule has 1 saturated heterocycles. The summed E-state index contributed by atoms with van der Waals surface area (Å²) in [6.45, 7) is 5.70. The Morgan fingerprint density at radius 2 is 2.19 bits per heavy atom. The third kappa shape index (κ3) is 2.70. The van der Waals surface area contributed by atoms with Crippen molar-refractivity contribution >= 4 is 10.9 Å². The highest BCUT2D eigenvalue weighted by Gasteiger charge is 2.36. The van der Waals surface area contributed by atoms with Crippen molar-refractivity contribution in [2.24, 2.45) is 0 Å². The standard InChI is InChI=1S/C17H24N2O2/c1-3-19-15-9-5-4-8-13(15)14(18-19)12-16(20)17(2)10-6-7-11-21-17/h4-5,8-9,16,20H,3,6-7,10-12H2,1-2H3. The highest BCUT2D eigenvalue weighted by atomic mass is 16.5. The van der Waals surface area contributed by atoms with Crippen molar-refractivity contribution < 1.29 is 9.84 Å². The maximum Gasteiger partial charge on any atom is 0.0916 e. The van der Waals surface area contributed by atoms with Gasteiger partial charge in [-0.25, -0.2) is 0 Å². The SMILES string of the molecule is CCn1nc(CC(O)C2(C)CCCCO2)c2ccccc21. The second kappa shape index (κ2) is 5.78. The van der Waals surface area contributed by atoms with Crippen LogP contribution in [0.15, 0.2) is 24.3 Å². The van der Waals surface area contributed by atoms with E-state index in [9.17, 15) is 5.11 Å². The molecule has 0 spiro atoms. The van der Waals surface area contributed by atoms with Gasteiger partial charge in [0.25, 0.3) is 0 Å². The molecule has 0 saturated carbocycles. The summed E-state index contributed by atoms with van der Waals surface area (Å²) >= 11 is 0. The number of hydrogen-bond acceptors (Lipinski definition) is 3. The second-order valence-corrected chi connectivity index (χ2v) is 6.12. The zero-order valence-electron chi connectivity index (χ0n) is 12.9. The molecule has 1 aliphatic rings. The molecule has 1 aromatic heterocycles. The summed E-state index contributed by atoms with van der Waals surface area (Å²) in [6.07, 6.45) is 3.17. The molecule has 114 valence electrons. The van der Waals surface area contributed by atoms with Gasteiger partial charge >= 0.3 is 0 Å². The Kier molecular flexibility index (Phi) is 4.00. The fourth-order valence-electron chi connectivity index (χ4n) is 3.21. The van der Waals surface area contributed by atoms with Gasteiger partial charge in [-0.2, -0.15) is 5.10 Å². The lowest BCUT2D eigenvalue weighted by Gasteiger charge is -2.37. The minimum Gasteiger partial charge on any atom is -0.390 e. The zero-order chi connectivity index (χ0) is 14.9. The maximum atomic E-state index is 10.7. The fraction of sp³-hybridized carbons (Fsp3) is 0.588. The second-order valence-electron chi connectivity index (χ2n) is 6.12. The number of aryl methyl sites for hydroxylation is 1. The van der Waals surface area contributed by atoms with Gasteiger partial charge in [0.05, 0.1) is 22.9 Å². The number of rotatable bonds is 4. The summed E-state index contributed by atoms with van der Waals surface area (Å²) in [4.78, 5) is 0. The number of para-hydroxylation sites is 1. The van der Waals surface area contributed by atoms with Crippen LogP contribution in [0.2, 0.25) is 0 Å². The first kappa shape index (κ1) is 14.5. The lowest BCUT2D eigenvalue weighted by Crippen LogP contribution is -2.45. The van der Waals surface area contributed by atoms with Gasteiger partial charge in [-0.05, 0) is 39.2 Å². The highest BCUT2D eigenvalue weighted by Crippen LogP contribution is 2.30. The molecule has 2 aromatic rings. The van der Waals surface area contributed by atoms with Gasteiger partial charge in [-0.15, -0.1) is 0 Å². The van der Waals surface area contributed by atoms with E-state index in [0.717, 1.165) is 49.0 Å². The Balaban J connectivity index is 1.87. The summed E-state index contributed by atoms with van der Waals surface area (Å²) in [5.41, 5.74) is 1.67. The molecule has 2 unspecified atom stereocenters. The van der Waals surface area contributed by atoms with Crippen molar-refractivity contribution in [3.05, 3.63) is 30.0 Å². The van der Waals surface area contributed by atoms with Crippen LogP contribution in [0.5, 0.6) is 0 Å². The van der Waals surface area contributed by atoms with E-state index in [-0.39, 0.29) is 0 Å². The number of ether oxygens (including phenoxy) is 1. The van der Waals surface area contributed by atoms with Crippen molar-refractivity contribution in [2.45, 2.75) is 57.8 Å². The molecule has 0 radical (unpaired) electrons. The van der Waals surface area contributed by atoms with E-state index < -0.39 is 11.7 Å². The molecule has 4 nitrogen and oxygen atoms in total. The zero-order valence-corrected chi connectivity index (χ0v) is 12.9. The van der Waals surface area contributed by atoms with Gasteiger partial charge in [0.2, 0.25) is 0 Å². The van der Waals surface area contributed by atoms with E-state index >= 15 is 0 Å². The van der Waals surface area contributed by atoms with Gasteiger partial charge in [-0.1, -0.05) is 18.2 Å². The minimum absolute atomic E-state index is 0.435. The molecule has 4 heteroatoms. The fourth-order valence-corrected chi connectivity index (χ4v) is 3.21. The van der Waals surface area contributed by atoms with E-state index in [4.69, 9.17) is 4.74 Å². The Morgan fingerprint density at radius 3 is 2.90 bits per heavy atom. The predicted octanol–water partition coefficient (Wildman–Crippen LogP) is 2.92. The van der Waals surface area contributed by atoms with Crippen LogP contribution in [-0.4, -0.2) is 33.2 Å². The molecular weight excluding hydrogens is 264 g/mol. The Labute approximate surface area is 125 Å². The lowest BCUT2D eigenvalue weighted by molar-refractivity contribution is -0.135. The van der Waals surface area contributed by atoms with Crippen LogP contribution in [0.1, 0.15) is 38.8 Å². The van der Waals surface area contributed by atoms with E-state index in [1.165, 1.54) is 0 Å². The summed E-state index contributed by atoms with van der Waals surface area (Å²) in [5.74, 6) is 0. The first-order valence-corrected chi connectivity index (χ1v) is 7.90. The minimum atomic E-state index is -0.513. The smallest absolute Gasteiger partial charge is 0.0916 e. The van der Waals surface area contributed by atoms with E-state index in [1.54, 1.807) is 0 Å². The molecule has 1 N–H and O–H groups in total. The molecule has 3 rings (SSSR count). The molecule has 1 aromatic carbocycles. The third-order valence-electron chi connectivity index (χ3n) is 4.62. The summed E-state index contributed by atoms with van der Waals surface area (Å²) in [7, 11) is 0. The van der Waals surface area contributed by atoms with Crippen LogP contribution in [0.3, 0.4) is 0 Å². The Hall–Kier alpha value is -1.39. The Bertz CT molecular complexity index is 614.